The summed E-state index contributed by atoms with van der Waals surface area (Å²) in [4.78, 5) is 0.888. The molecule has 0 saturated carbocycles. The van der Waals surface area contributed by atoms with E-state index in [9.17, 15) is 23.7 Å². The molecule has 32 heavy (non-hydrogen) atoms. The first-order valence-corrected chi connectivity index (χ1v) is 12.3. The third-order valence-electron chi connectivity index (χ3n) is 5.25. The molecule has 4 rings (SSSR count). The number of hydrogen-bond donors (Lipinski definition) is 3. The molecule has 1 aliphatic heterocycles. The van der Waals surface area contributed by atoms with Gasteiger partial charge in [-0.2, -0.15) is 0 Å². The molecule has 1 fully saturated rings. The number of benzene rings is 2. The zero-order valence-electron chi connectivity index (χ0n) is 17.1. The first-order valence-electron chi connectivity index (χ1n) is 9.89. The van der Waals surface area contributed by atoms with Gasteiger partial charge in [-0.15, -0.1) is 5.10 Å². The van der Waals surface area contributed by atoms with E-state index in [0.29, 0.717) is 0 Å². The van der Waals surface area contributed by atoms with Gasteiger partial charge in [-0.25, -0.2) is 13.1 Å². The Labute approximate surface area is 189 Å². The van der Waals surface area contributed by atoms with Crippen LogP contribution in [0.2, 0.25) is 0 Å². The largest absolute Gasteiger partial charge is 0.394 e. The summed E-state index contributed by atoms with van der Waals surface area (Å²) < 4.78 is 32.5. The molecule has 0 unspecified atom stereocenters. The number of aliphatic hydroxyl groups is 3. The van der Waals surface area contributed by atoms with Crippen LogP contribution in [0.25, 0.3) is 0 Å². The highest BCUT2D eigenvalue weighted by Crippen LogP contribution is 2.38. The molecule has 2 heterocycles. The van der Waals surface area contributed by atoms with Crippen LogP contribution >= 0.6 is 11.8 Å². The van der Waals surface area contributed by atoms with Crippen molar-refractivity contribution >= 4 is 21.6 Å². The molecular weight excluding hydrogens is 454 g/mol. The normalized spacial score (nSPS) is 26.2. The molecule has 1 aromatic heterocycles. The number of thioether (sulfide) groups is 1. The van der Waals surface area contributed by atoms with Crippen molar-refractivity contribution in [1.82, 2.24) is 15.0 Å². The minimum atomic E-state index is -3.92. The zero-order chi connectivity index (χ0) is 22.9. The van der Waals surface area contributed by atoms with Crippen molar-refractivity contribution in [3.05, 3.63) is 66.4 Å². The van der Waals surface area contributed by atoms with Gasteiger partial charge in [0.1, 0.15) is 29.8 Å². The van der Waals surface area contributed by atoms with Crippen LogP contribution in [0.4, 0.5) is 0 Å². The van der Waals surface area contributed by atoms with Gasteiger partial charge in [0.15, 0.2) is 0 Å². The Kier molecular flexibility index (Phi) is 6.65. The summed E-state index contributed by atoms with van der Waals surface area (Å²) >= 11 is 1.24. The van der Waals surface area contributed by atoms with Gasteiger partial charge in [0.25, 0.3) is 0 Å². The van der Waals surface area contributed by atoms with Crippen LogP contribution in [-0.2, 0) is 14.6 Å². The monoisotopic (exact) mass is 477 g/mol. The average molecular weight is 478 g/mol. The molecule has 11 heteroatoms. The van der Waals surface area contributed by atoms with Crippen LogP contribution in [0.1, 0.15) is 11.6 Å². The molecule has 0 radical (unpaired) electrons. The van der Waals surface area contributed by atoms with E-state index >= 15 is 0 Å². The Morgan fingerprint density at radius 1 is 1.06 bits per heavy atom. The fraction of sp³-hybridized carbons (Fsp3) is 0.333. The Morgan fingerprint density at radius 3 is 2.41 bits per heavy atom. The Balaban J connectivity index is 1.63. The lowest BCUT2D eigenvalue weighted by Gasteiger charge is -2.41. The molecule has 0 aliphatic carbocycles. The zero-order valence-corrected chi connectivity index (χ0v) is 18.7. The SMILES string of the molecule is Cc1ccc(S[C@@H]2O[C@H](CO)[C@H](O)[C@H](n3cc(S(=O)(=O)c4ccccc4)nn3)[C@H]2O)cc1. The Hall–Kier alpha value is -2.28. The van der Waals surface area contributed by atoms with E-state index in [4.69, 9.17) is 4.74 Å². The second kappa shape index (κ2) is 9.30. The number of rotatable bonds is 6. The van der Waals surface area contributed by atoms with Crippen LogP contribution in [0.3, 0.4) is 0 Å². The summed E-state index contributed by atoms with van der Waals surface area (Å²) in [7, 11) is -3.92. The highest BCUT2D eigenvalue weighted by atomic mass is 32.2. The van der Waals surface area contributed by atoms with Gasteiger partial charge in [-0.05, 0) is 31.2 Å². The third-order valence-corrected chi connectivity index (χ3v) is 8.04. The van der Waals surface area contributed by atoms with E-state index in [0.717, 1.165) is 15.1 Å². The lowest BCUT2D eigenvalue weighted by molar-refractivity contribution is -0.178. The van der Waals surface area contributed by atoms with Crippen LogP contribution < -0.4 is 0 Å². The highest BCUT2D eigenvalue weighted by Gasteiger charge is 2.46. The van der Waals surface area contributed by atoms with Crippen molar-refractivity contribution in [2.45, 2.75) is 51.5 Å². The minimum absolute atomic E-state index is 0.0566. The quantitative estimate of drug-likeness (QED) is 0.478. The number of sulfone groups is 1. The molecule has 0 amide bonds. The van der Waals surface area contributed by atoms with Crippen LogP contribution in [0.15, 0.2) is 75.6 Å². The Morgan fingerprint density at radius 2 is 1.75 bits per heavy atom. The summed E-state index contributed by atoms with van der Waals surface area (Å²) in [6.07, 6.45) is -2.41. The fourth-order valence-corrected chi connectivity index (χ4v) is 5.69. The molecule has 170 valence electrons. The van der Waals surface area contributed by atoms with Crippen molar-refractivity contribution in [2.24, 2.45) is 0 Å². The van der Waals surface area contributed by atoms with E-state index in [2.05, 4.69) is 10.3 Å². The number of nitrogens with zero attached hydrogens (tertiary/aromatic N) is 3. The second-order valence-corrected chi connectivity index (χ2v) is 10.5. The molecule has 2 aromatic carbocycles. The number of ether oxygens (including phenoxy) is 1. The van der Waals surface area contributed by atoms with Crippen LogP contribution in [-0.4, -0.2) is 69.1 Å². The van der Waals surface area contributed by atoms with Crippen molar-refractivity contribution in [3.63, 3.8) is 0 Å². The van der Waals surface area contributed by atoms with E-state index < -0.39 is 46.2 Å². The maximum Gasteiger partial charge on any atom is 0.227 e. The van der Waals surface area contributed by atoms with Crippen molar-refractivity contribution in [1.29, 1.82) is 0 Å². The number of aromatic nitrogens is 3. The molecule has 5 atom stereocenters. The van der Waals surface area contributed by atoms with E-state index in [1.165, 1.54) is 30.1 Å². The van der Waals surface area contributed by atoms with Gasteiger partial charge in [0, 0.05) is 4.90 Å². The standard InChI is InChI=1S/C21H23N3O6S2/c1-13-7-9-14(10-8-13)31-21-20(27)18(19(26)16(12-25)30-21)24-11-17(22-23-24)32(28,29)15-5-3-2-4-6-15/h2-11,16,18-21,25-27H,12H2,1H3/t16-,18+,19+,20-,21+/m1/s1. The number of aryl methyl sites for hydroxylation is 1. The first-order chi connectivity index (χ1) is 15.3. The number of hydrogen-bond acceptors (Lipinski definition) is 9. The van der Waals surface area contributed by atoms with Gasteiger partial charge in [-0.3, -0.25) is 0 Å². The Bertz CT molecular complexity index is 1150. The lowest BCUT2D eigenvalue weighted by Crippen LogP contribution is -2.55. The van der Waals surface area contributed by atoms with E-state index in [1.54, 1.807) is 18.2 Å². The van der Waals surface area contributed by atoms with Crippen molar-refractivity contribution < 1.29 is 28.5 Å². The third kappa shape index (κ3) is 4.45. The molecule has 0 spiro atoms. The average Bonchev–Trinajstić information content (AvgIpc) is 3.28. The molecule has 1 saturated heterocycles. The topological polar surface area (TPSA) is 135 Å². The predicted octanol–water partition coefficient (Wildman–Crippen LogP) is 1.19. The summed E-state index contributed by atoms with van der Waals surface area (Å²) in [5, 5.41) is 38.7. The van der Waals surface area contributed by atoms with Gasteiger partial charge < -0.3 is 20.1 Å². The van der Waals surface area contributed by atoms with Gasteiger partial charge in [0.2, 0.25) is 14.9 Å². The van der Waals surface area contributed by atoms with Crippen molar-refractivity contribution in [3.8, 4) is 0 Å². The second-order valence-electron chi connectivity index (χ2n) is 7.48. The molecule has 0 bridgehead atoms. The van der Waals surface area contributed by atoms with Crippen LogP contribution in [0.5, 0.6) is 0 Å². The highest BCUT2D eigenvalue weighted by molar-refractivity contribution is 7.99. The lowest BCUT2D eigenvalue weighted by atomic mass is 9.97. The van der Waals surface area contributed by atoms with E-state index in [-0.39, 0.29) is 9.92 Å². The van der Waals surface area contributed by atoms with Crippen molar-refractivity contribution in [2.75, 3.05) is 6.61 Å². The maximum atomic E-state index is 12.8. The van der Waals surface area contributed by atoms with Gasteiger partial charge in [-0.1, -0.05) is 52.9 Å². The molecule has 3 aromatic rings. The first kappa shape index (κ1) is 22.9. The van der Waals surface area contributed by atoms with Gasteiger partial charge in [0.05, 0.1) is 17.7 Å². The number of aliphatic hydroxyl groups excluding tert-OH is 3. The molecule has 9 nitrogen and oxygen atoms in total. The molecule has 1 aliphatic rings. The van der Waals surface area contributed by atoms with E-state index in [1.807, 2.05) is 31.2 Å². The molecule has 3 N–H and O–H groups in total. The molecular formula is C21H23N3O6S2. The van der Waals surface area contributed by atoms with Gasteiger partial charge >= 0.3 is 0 Å². The fourth-order valence-electron chi connectivity index (χ4n) is 3.48. The summed E-state index contributed by atoms with van der Waals surface area (Å²) in [6.45, 7) is 1.47. The summed E-state index contributed by atoms with van der Waals surface area (Å²) in [5.41, 5.74) is 0.248. The van der Waals surface area contributed by atoms with Crippen LogP contribution in [0, 0.1) is 6.92 Å². The minimum Gasteiger partial charge on any atom is -0.394 e. The summed E-state index contributed by atoms with van der Waals surface area (Å²) in [5.74, 6) is 0. The summed E-state index contributed by atoms with van der Waals surface area (Å²) in [6, 6.07) is 14.3. The smallest absolute Gasteiger partial charge is 0.227 e. The maximum absolute atomic E-state index is 12.8. The predicted molar refractivity (Wildman–Crippen MR) is 116 cm³/mol.